The van der Waals surface area contributed by atoms with Crippen molar-refractivity contribution < 1.29 is 0 Å². The Morgan fingerprint density at radius 1 is 1.23 bits per heavy atom. The van der Waals surface area contributed by atoms with Gasteiger partial charge in [0.05, 0.1) is 0 Å². The first kappa shape index (κ1) is 12.7. The first-order valence-electron chi connectivity index (χ1n) is 5.61. The third-order valence-corrected chi connectivity index (χ3v) is 2.31. The Morgan fingerprint density at radius 2 is 1.77 bits per heavy atom. The van der Waals surface area contributed by atoms with Crippen molar-refractivity contribution in [3.05, 3.63) is 12.7 Å². The summed E-state index contributed by atoms with van der Waals surface area (Å²) >= 11 is 0. The molecule has 0 aliphatic carbocycles. The van der Waals surface area contributed by atoms with Crippen molar-refractivity contribution in [2.45, 2.75) is 65.0 Å². The summed E-state index contributed by atoms with van der Waals surface area (Å²) in [7, 11) is 0. The third kappa shape index (κ3) is 6.83. The summed E-state index contributed by atoms with van der Waals surface area (Å²) in [6.07, 6.45) is 8.22. The highest BCUT2D eigenvalue weighted by Gasteiger charge is 2.08. The third-order valence-electron chi connectivity index (χ3n) is 2.31. The second-order valence-electron chi connectivity index (χ2n) is 3.87. The number of rotatable bonds is 8. The molecule has 0 aromatic carbocycles. The molecule has 1 heteroatoms. The van der Waals surface area contributed by atoms with Crippen molar-refractivity contribution in [2.75, 3.05) is 0 Å². The van der Waals surface area contributed by atoms with Crippen LogP contribution in [0.5, 0.6) is 0 Å². The van der Waals surface area contributed by atoms with Gasteiger partial charge in [-0.05, 0) is 26.2 Å². The van der Waals surface area contributed by atoms with E-state index < -0.39 is 0 Å². The standard InChI is InChI=1S/C12H25N/c1-5-8-11(4)13-12(9-6-2)10-7-3/h5,11-13H,1,6-10H2,2-4H3. The van der Waals surface area contributed by atoms with Crippen LogP contribution in [0.3, 0.4) is 0 Å². The van der Waals surface area contributed by atoms with E-state index in [1.165, 1.54) is 25.7 Å². The zero-order chi connectivity index (χ0) is 10.1. The summed E-state index contributed by atoms with van der Waals surface area (Å²) in [5, 5.41) is 3.65. The summed E-state index contributed by atoms with van der Waals surface area (Å²) in [6.45, 7) is 10.5. The second kappa shape index (κ2) is 8.31. The number of nitrogens with one attached hydrogen (secondary N) is 1. The van der Waals surface area contributed by atoms with Gasteiger partial charge < -0.3 is 5.32 Å². The quantitative estimate of drug-likeness (QED) is 0.568. The van der Waals surface area contributed by atoms with E-state index in [1.807, 2.05) is 6.08 Å². The molecule has 0 amide bonds. The fourth-order valence-electron chi connectivity index (χ4n) is 1.73. The Bertz CT molecular complexity index is 114. The maximum absolute atomic E-state index is 3.76. The molecular formula is C12H25N. The highest BCUT2D eigenvalue weighted by atomic mass is 14.9. The molecule has 0 heterocycles. The van der Waals surface area contributed by atoms with Gasteiger partial charge in [-0.25, -0.2) is 0 Å². The molecule has 13 heavy (non-hydrogen) atoms. The number of hydrogen-bond donors (Lipinski definition) is 1. The lowest BCUT2D eigenvalue weighted by atomic mass is 10.1. The van der Waals surface area contributed by atoms with Crippen LogP contribution in [0.4, 0.5) is 0 Å². The Morgan fingerprint density at radius 3 is 2.15 bits per heavy atom. The van der Waals surface area contributed by atoms with Gasteiger partial charge in [-0.15, -0.1) is 6.58 Å². The molecule has 0 aromatic rings. The molecule has 0 fully saturated rings. The average molecular weight is 183 g/mol. The van der Waals surface area contributed by atoms with Crippen LogP contribution in [0.25, 0.3) is 0 Å². The molecule has 0 rings (SSSR count). The minimum absolute atomic E-state index is 0.584. The summed E-state index contributed by atoms with van der Waals surface area (Å²) in [6, 6.07) is 1.30. The van der Waals surface area contributed by atoms with Crippen molar-refractivity contribution in [1.82, 2.24) is 5.32 Å². The van der Waals surface area contributed by atoms with Crippen LogP contribution in [0, 0.1) is 0 Å². The van der Waals surface area contributed by atoms with Crippen molar-refractivity contribution in [2.24, 2.45) is 0 Å². The van der Waals surface area contributed by atoms with Gasteiger partial charge in [0.2, 0.25) is 0 Å². The highest BCUT2D eigenvalue weighted by molar-refractivity contribution is 4.78. The van der Waals surface area contributed by atoms with Gasteiger partial charge in [-0.3, -0.25) is 0 Å². The minimum atomic E-state index is 0.584. The van der Waals surface area contributed by atoms with Gasteiger partial charge in [0.1, 0.15) is 0 Å². The SMILES string of the molecule is C=CCC(C)NC(CCC)CCC. The lowest BCUT2D eigenvalue weighted by Gasteiger charge is -2.21. The molecule has 0 saturated carbocycles. The lowest BCUT2D eigenvalue weighted by Crippen LogP contribution is -2.36. The topological polar surface area (TPSA) is 12.0 Å². The smallest absolute Gasteiger partial charge is 0.00757 e. The number of hydrogen-bond acceptors (Lipinski definition) is 1. The van der Waals surface area contributed by atoms with Crippen LogP contribution in [0.15, 0.2) is 12.7 Å². The Labute approximate surface area is 83.6 Å². The van der Waals surface area contributed by atoms with Crippen LogP contribution < -0.4 is 5.32 Å². The molecule has 0 aliphatic rings. The molecule has 1 atom stereocenters. The molecule has 1 unspecified atom stereocenters. The fourth-order valence-corrected chi connectivity index (χ4v) is 1.73. The van der Waals surface area contributed by atoms with Crippen molar-refractivity contribution in [3.8, 4) is 0 Å². The average Bonchev–Trinajstić information content (AvgIpc) is 2.05. The van der Waals surface area contributed by atoms with Gasteiger partial charge in [0, 0.05) is 12.1 Å². The van der Waals surface area contributed by atoms with Crippen LogP contribution in [-0.2, 0) is 0 Å². The summed E-state index contributed by atoms with van der Waals surface area (Å²) < 4.78 is 0. The van der Waals surface area contributed by atoms with Crippen molar-refractivity contribution in [3.63, 3.8) is 0 Å². The molecule has 78 valence electrons. The van der Waals surface area contributed by atoms with E-state index in [9.17, 15) is 0 Å². The maximum Gasteiger partial charge on any atom is 0.00757 e. The maximum atomic E-state index is 3.76. The van der Waals surface area contributed by atoms with E-state index in [-0.39, 0.29) is 0 Å². The Kier molecular flexibility index (Phi) is 8.11. The lowest BCUT2D eigenvalue weighted by molar-refractivity contribution is 0.398. The summed E-state index contributed by atoms with van der Waals surface area (Å²) in [5.74, 6) is 0. The molecular weight excluding hydrogens is 158 g/mol. The zero-order valence-corrected chi connectivity index (χ0v) is 9.47. The van der Waals surface area contributed by atoms with Crippen LogP contribution >= 0.6 is 0 Å². The molecule has 0 radical (unpaired) electrons. The predicted molar refractivity (Wildman–Crippen MR) is 61.0 cm³/mol. The summed E-state index contributed by atoms with van der Waals surface area (Å²) in [5.41, 5.74) is 0. The van der Waals surface area contributed by atoms with Crippen LogP contribution in [0.1, 0.15) is 52.9 Å². The minimum Gasteiger partial charge on any atom is -0.311 e. The van der Waals surface area contributed by atoms with E-state index in [4.69, 9.17) is 0 Å². The largest absolute Gasteiger partial charge is 0.311 e. The molecule has 0 aromatic heterocycles. The van der Waals surface area contributed by atoms with Crippen LogP contribution in [-0.4, -0.2) is 12.1 Å². The monoisotopic (exact) mass is 183 g/mol. The van der Waals surface area contributed by atoms with Crippen LogP contribution in [0.2, 0.25) is 0 Å². The molecule has 0 spiro atoms. The first-order chi connectivity index (χ1) is 6.24. The van der Waals surface area contributed by atoms with E-state index in [2.05, 4.69) is 32.7 Å². The molecule has 1 nitrogen and oxygen atoms in total. The Balaban J connectivity index is 3.70. The zero-order valence-electron chi connectivity index (χ0n) is 9.47. The van der Waals surface area contributed by atoms with E-state index in [0.717, 1.165) is 6.42 Å². The fraction of sp³-hybridized carbons (Fsp3) is 0.833. The Hall–Kier alpha value is -0.300. The van der Waals surface area contributed by atoms with E-state index in [1.54, 1.807) is 0 Å². The summed E-state index contributed by atoms with van der Waals surface area (Å²) in [4.78, 5) is 0. The molecule has 0 bridgehead atoms. The predicted octanol–water partition coefficient (Wildman–Crippen LogP) is 3.51. The van der Waals surface area contributed by atoms with Gasteiger partial charge >= 0.3 is 0 Å². The van der Waals surface area contributed by atoms with E-state index >= 15 is 0 Å². The van der Waals surface area contributed by atoms with Gasteiger partial charge in [-0.1, -0.05) is 32.8 Å². The molecule has 1 N–H and O–H groups in total. The second-order valence-corrected chi connectivity index (χ2v) is 3.87. The van der Waals surface area contributed by atoms with Crippen molar-refractivity contribution >= 4 is 0 Å². The van der Waals surface area contributed by atoms with E-state index in [0.29, 0.717) is 12.1 Å². The molecule has 0 saturated heterocycles. The van der Waals surface area contributed by atoms with Gasteiger partial charge in [0.15, 0.2) is 0 Å². The normalized spacial score (nSPS) is 13.2. The first-order valence-corrected chi connectivity index (χ1v) is 5.61. The van der Waals surface area contributed by atoms with Gasteiger partial charge in [0.25, 0.3) is 0 Å². The van der Waals surface area contributed by atoms with Gasteiger partial charge in [-0.2, -0.15) is 0 Å². The molecule has 0 aliphatic heterocycles. The highest BCUT2D eigenvalue weighted by Crippen LogP contribution is 2.06. The van der Waals surface area contributed by atoms with Crippen molar-refractivity contribution in [1.29, 1.82) is 0 Å².